The van der Waals surface area contributed by atoms with Crippen molar-refractivity contribution < 1.29 is 9.21 Å². The van der Waals surface area contributed by atoms with E-state index in [1.54, 1.807) is 23.4 Å². The molecule has 20 heavy (non-hydrogen) atoms. The second-order valence-corrected chi connectivity index (χ2v) is 5.06. The summed E-state index contributed by atoms with van der Waals surface area (Å²) in [5, 5.41) is 0. The summed E-state index contributed by atoms with van der Waals surface area (Å²) in [6, 6.07) is 5.61. The predicted molar refractivity (Wildman–Crippen MR) is 78.4 cm³/mol. The fourth-order valence-corrected chi connectivity index (χ4v) is 2.18. The van der Waals surface area contributed by atoms with E-state index >= 15 is 0 Å². The maximum atomic E-state index is 12.6. The fraction of sp³-hybridized carbons (Fsp3) is 0.400. The van der Waals surface area contributed by atoms with E-state index in [0.717, 1.165) is 5.76 Å². The van der Waals surface area contributed by atoms with Crippen LogP contribution < -0.4 is 5.73 Å². The van der Waals surface area contributed by atoms with Crippen LogP contribution in [0.5, 0.6) is 0 Å². The molecule has 2 heterocycles. The van der Waals surface area contributed by atoms with Gasteiger partial charge in [0.1, 0.15) is 11.5 Å². The number of nitrogen functional groups attached to an aromatic ring is 1. The van der Waals surface area contributed by atoms with Gasteiger partial charge in [0.05, 0.1) is 18.5 Å². The molecule has 2 aromatic heterocycles. The SMILES string of the molecule is CCN(Cc1ccco1)C(=O)c1cc(N)cn1C(C)C. The van der Waals surface area contributed by atoms with Gasteiger partial charge in [-0.3, -0.25) is 4.79 Å². The van der Waals surface area contributed by atoms with Gasteiger partial charge in [-0.2, -0.15) is 0 Å². The minimum absolute atomic E-state index is 0.0331. The predicted octanol–water partition coefficient (Wildman–Crippen LogP) is 2.91. The van der Waals surface area contributed by atoms with Gasteiger partial charge in [-0.25, -0.2) is 0 Å². The van der Waals surface area contributed by atoms with Crippen molar-refractivity contribution in [3.05, 3.63) is 42.1 Å². The second kappa shape index (κ2) is 5.86. The number of hydrogen-bond acceptors (Lipinski definition) is 3. The van der Waals surface area contributed by atoms with Crippen LogP contribution in [0, 0.1) is 0 Å². The van der Waals surface area contributed by atoms with Crippen LogP contribution in [0.25, 0.3) is 0 Å². The first kappa shape index (κ1) is 14.2. The second-order valence-electron chi connectivity index (χ2n) is 5.06. The summed E-state index contributed by atoms with van der Waals surface area (Å²) >= 11 is 0. The van der Waals surface area contributed by atoms with E-state index < -0.39 is 0 Å². The zero-order valence-electron chi connectivity index (χ0n) is 12.2. The Hall–Kier alpha value is -2.17. The average Bonchev–Trinajstić information content (AvgIpc) is 3.04. The zero-order valence-corrected chi connectivity index (χ0v) is 12.2. The van der Waals surface area contributed by atoms with Crippen LogP contribution in [-0.2, 0) is 6.54 Å². The number of amides is 1. The van der Waals surface area contributed by atoms with Gasteiger partial charge >= 0.3 is 0 Å². The Kier molecular flexibility index (Phi) is 4.17. The lowest BCUT2D eigenvalue weighted by Gasteiger charge is -2.21. The number of rotatable bonds is 5. The monoisotopic (exact) mass is 275 g/mol. The minimum atomic E-state index is -0.0331. The molecule has 5 nitrogen and oxygen atoms in total. The molecule has 0 aliphatic heterocycles. The number of carbonyl (C=O) groups excluding carboxylic acids is 1. The van der Waals surface area contributed by atoms with Crippen LogP contribution in [0.3, 0.4) is 0 Å². The Morgan fingerprint density at radius 3 is 2.80 bits per heavy atom. The molecule has 0 unspecified atom stereocenters. The van der Waals surface area contributed by atoms with Crippen molar-refractivity contribution in [2.75, 3.05) is 12.3 Å². The van der Waals surface area contributed by atoms with Crippen molar-refractivity contribution in [2.45, 2.75) is 33.4 Å². The molecule has 0 spiro atoms. The minimum Gasteiger partial charge on any atom is -0.467 e. The average molecular weight is 275 g/mol. The molecule has 108 valence electrons. The van der Waals surface area contributed by atoms with E-state index in [0.29, 0.717) is 24.5 Å². The Morgan fingerprint density at radius 2 is 2.25 bits per heavy atom. The van der Waals surface area contributed by atoms with Gasteiger partial charge in [0, 0.05) is 18.8 Å². The molecule has 2 rings (SSSR count). The number of nitrogens with zero attached hydrogens (tertiary/aromatic N) is 2. The van der Waals surface area contributed by atoms with Gasteiger partial charge < -0.3 is 19.6 Å². The van der Waals surface area contributed by atoms with E-state index in [4.69, 9.17) is 10.2 Å². The molecule has 1 amide bonds. The maximum absolute atomic E-state index is 12.6. The van der Waals surface area contributed by atoms with Gasteiger partial charge in [-0.1, -0.05) is 0 Å². The molecule has 0 atom stereocenters. The normalized spacial score (nSPS) is 11.0. The topological polar surface area (TPSA) is 64.4 Å². The molecule has 0 saturated carbocycles. The lowest BCUT2D eigenvalue weighted by Crippen LogP contribution is -2.32. The van der Waals surface area contributed by atoms with Crippen molar-refractivity contribution in [3.8, 4) is 0 Å². The lowest BCUT2D eigenvalue weighted by molar-refractivity contribution is 0.0729. The molecular formula is C15H21N3O2. The van der Waals surface area contributed by atoms with Gasteiger partial charge in [0.2, 0.25) is 0 Å². The van der Waals surface area contributed by atoms with Crippen molar-refractivity contribution in [1.82, 2.24) is 9.47 Å². The molecule has 0 aliphatic carbocycles. The highest BCUT2D eigenvalue weighted by atomic mass is 16.3. The number of aromatic nitrogens is 1. The van der Waals surface area contributed by atoms with Crippen LogP contribution in [0.15, 0.2) is 35.1 Å². The first-order valence-electron chi connectivity index (χ1n) is 6.82. The molecule has 0 radical (unpaired) electrons. The van der Waals surface area contributed by atoms with E-state index in [1.165, 1.54) is 0 Å². The Bertz CT molecular complexity index is 570. The molecule has 5 heteroatoms. The maximum Gasteiger partial charge on any atom is 0.270 e. The summed E-state index contributed by atoms with van der Waals surface area (Å²) < 4.78 is 7.21. The van der Waals surface area contributed by atoms with Crippen molar-refractivity contribution in [1.29, 1.82) is 0 Å². The summed E-state index contributed by atoms with van der Waals surface area (Å²) in [6.45, 7) is 7.08. The van der Waals surface area contributed by atoms with E-state index in [2.05, 4.69) is 0 Å². The summed E-state index contributed by atoms with van der Waals surface area (Å²) in [6.07, 6.45) is 3.42. The Morgan fingerprint density at radius 1 is 1.50 bits per heavy atom. The van der Waals surface area contributed by atoms with Crippen molar-refractivity contribution >= 4 is 11.6 Å². The standard InChI is InChI=1S/C15H21N3O2/c1-4-17(10-13-6-5-7-20-13)15(19)14-8-12(16)9-18(14)11(2)3/h5-9,11H,4,10,16H2,1-3H3. The third kappa shape index (κ3) is 2.87. The molecule has 0 fully saturated rings. The quantitative estimate of drug-likeness (QED) is 0.912. The number of nitrogens with two attached hydrogens (primary N) is 1. The lowest BCUT2D eigenvalue weighted by atomic mass is 10.3. The zero-order chi connectivity index (χ0) is 14.7. The van der Waals surface area contributed by atoms with E-state index in [1.807, 2.05) is 37.5 Å². The first-order chi connectivity index (χ1) is 9.52. The highest BCUT2D eigenvalue weighted by molar-refractivity contribution is 5.93. The van der Waals surface area contributed by atoms with Crippen LogP contribution in [-0.4, -0.2) is 21.9 Å². The third-order valence-corrected chi connectivity index (χ3v) is 3.24. The van der Waals surface area contributed by atoms with Crippen molar-refractivity contribution in [2.24, 2.45) is 0 Å². The summed E-state index contributed by atoms with van der Waals surface area (Å²) in [7, 11) is 0. The molecule has 0 aromatic carbocycles. The molecule has 0 bridgehead atoms. The largest absolute Gasteiger partial charge is 0.467 e. The Labute approximate surface area is 119 Å². The van der Waals surface area contributed by atoms with Crippen LogP contribution >= 0.6 is 0 Å². The molecule has 2 aromatic rings. The molecule has 0 aliphatic rings. The summed E-state index contributed by atoms with van der Waals surface area (Å²) in [5.74, 6) is 0.741. The third-order valence-electron chi connectivity index (χ3n) is 3.24. The van der Waals surface area contributed by atoms with Crippen LogP contribution in [0.4, 0.5) is 5.69 Å². The van der Waals surface area contributed by atoms with E-state index in [9.17, 15) is 4.79 Å². The van der Waals surface area contributed by atoms with Crippen molar-refractivity contribution in [3.63, 3.8) is 0 Å². The summed E-state index contributed by atoms with van der Waals surface area (Å²) in [5.41, 5.74) is 7.05. The highest BCUT2D eigenvalue weighted by Crippen LogP contribution is 2.19. The van der Waals surface area contributed by atoms with Crippen LogP contribution in [0.2, 0.25) is 0 Å². The Balaban J connectivity index is 2.24. The first-order valence-corrected chi connectivity index (χ1v) is 6.82. The van der Waals surface area contributed by atoms with Gasteiger partial charge in [0.25, 0.3) is 5.91 Å². The number of anilines is 1. The van der Waals surface area contributed by atoms with E-state index in [-0.39, 0.29) is 11.9 Å². The number of furan rings is 1. The number of hydrogen-bond donors (Lipinski definition) is 1. The molecular weight excluding hydrogens is 254 g/mol. The summed E-state index contributed by atoms with van der Waals surface area (Å²) in [4.78, 5) is 14.4. The van der Waals surface area contributed by atoms with Gasteiger partial charge in [0.15, 0.2) is 0 Å². The van der Waals surface area contributed by atoms with Crippen LogP contribution in [0.1, 0.15) is 43.1 Å². The molecule has 0 saturated heterocycles. The smallest absolute Gasteiger partial charge is 0.270 e. The molecule has 2 N–H and O–H groups in total. The van der Waals surface area contributed by atoms with Gasteiger partial charge in [-0.15, -0.1) is 0 Å². The fourth-order valence-electron chi connectivity index (χ4n) is 2.18. The van der Waals surface area contributed by atoms with Gasteiger partial charge in [-0.05, 0) is 39.0 Å². The highest BCUT2D eigenvalue weighted by Gasteiger charge is 2.20. The number of carbonyl (C=O) groups is 1.